The zero-order chi connectivity index (χ0) is 18.4. The van der Waals surface area contributed by atoms with Crippen LogP contribution < -0.4 is 0 Å². The summed E-state index contributed by atoms with van der Waals surface area (Å²) in [4.78, 5) is 20.8. The molecule has 2 aromatic rings. The van der Waals surface area contributed by atoms with Crippen LogP contribution in [0.5, 0.6) is 0 Å². The Morgan fingerprint density at radius 2 is 1.80 bits per heavy atom. The standard InChI is InChI=1S/C16H16N2O6S/c19-16(20)9-10-17(12-13-5-2-1-3-6-13)25(23,24)15-8-4-7-14(11-15)18(21)22/h1-8,11H,9-10,12H2,(H,19,20). The van der Waals surface area contributed by atoms with Crippen molar-refractivity contribution in [3.05, 3.63) is 70.3 Å². The first-order valence-electron chi connectivity index (χ1n) is 7.31. The minimum absolute atomic E-state index is 0.0286. The smallest absolute Gasteiger partial charge is 0.304 e. The summed E-state index contributed by atoms with van der Waals surface area (Å²) in [6, 6.07) is 13.4. The van der Waals surface area contributed by atoms with Gasteiger partial charge in [-0.15, -0.1) is 0 Å². The van der Waals surface area contributed by atoms with Crippen LogP contribution in [-0.2, 0) is 21.4 Å². The Balaban J connectivity index is 2.38. The molecule has 2 rings (SSSR count). The Kier molecular flexibility index (Phi) is 5.84. The molecule has 0 amide bonds. The number of nitro groups is 1. The second-order valence-electron chi connectivity index (χ2n) is 5.22. The molecule has 25 heavy (non-hydrogen) atoms. The summed E-state index contributed by atoms with van der Waals surface area (Å²) in [5.41, 5.74) is 0.334. The SMILES string of the molecule is O=C(O)CCN(Cc1ccccc1)S(=O)(=O)c1cccc([N+](=O)[O-])c1. The topological polar surface area (TPSA) is 118 Å². The molecule has 132 valence electrons. The number of nitrogens with zero attached hydrogens (tertiary/aromatic N) is 2. The lowest BCUT2D eigenvalue weighted by Gasteiger charge is -2.21. The number of carbonyl (C=O) groups is 1. The fourth-order valence-corrected chi connectivity index (χ4v) is 3.67. The predicted molar refractivity (Wildman–Crippen MR) is 89.4 cm³/mol. The van der Waals surface area contributed by atoms with Crippen LogP contribution in [0.25, 0.3) is 0 Å². The molecule has 0 aliphatic carbocycles. The summed E-state index contributed by atoms with van der Waals surface area (Å²) in [5.74, 6) is -1.13. The van der Waals surface area contributed by atoms with E-state index in [-0.39, 0.29) is 30.1 Å². The van der Waals surface area contributed by atoms with E-state index in [0.717, 1.165) is 10.4 Å². The quantitative estimate of drug-likeness (QED) is 0.567. The van der Waals surface area contributed by atoms with Gasteiger partial charge in [0.1, 0.15) is 0 Å². The van der Waals surface area contributed by atoms with E-state index in [4.69, 9.17) is 5.11 Å². The molecule has 0 unspecified atom stereocenters. The molecule has 0 heterocycles. The Morgan fingerprint density at radius 1 is 1.12 bits per heavy atom. The van der Waals surface area contributed by atoms with Crippen LogP contribution in [0.15, 0.2) is 59.5 Å². The number of benzene rings is 2. The summed E-state index contributed by atoms with van der Waals surface area (Å²) in [6.45, 7) is -0.269. The van der Waals surface area contributed by atoms with Crippen LogP contribution in [0.4, 0.5) is 5.69 Å². The van der Waals surface area contributed by atoms with Crippen LogP contribution in [0.3, 0.4) is 0 Å². The molecule has 8 nitrogen and oxygen atoms in total. The lowest BCUT2D eigenvalue weighted by molar-refractivity contribution is -0.385. The van der Waals surface area contributed by atoms with E-state index in [9.17, 15) is 23.3 Å². The summed E-state index contributed by atoms with van der Waals surface area (Å²) in [7, 11) is -4.09. The molecular weight excluding hydrogens is 348 g/mol. The third-order valence-corrected chi connectivity index (χ3v) is 5.28. The molecule has 0 aromatic heterocycles. The number of hydrogen-bond acceptors (Lipinski definition) is 5. The summed E-state index contributed by atoms with van der Waals surface area (Å²) >= 11 is 0. The number of carboxylic acids is 1. The first-order valence-corrected chi connectivity index (χ1v) is 8.75. The van der Waals surface area contributed by atoms with Crippen molar-refractivity contribution in [3.8, 4) is 0 Å². The molecule has 0 fully saturated rings. The van der Waals surface area contributed by atoms with Gasteiger partial charge in [-0.2, -0.15) is 4.31 Å². The number of rotatable bonds is 8. The highest BCUT2D eigenvalue weighted by Crippen LogP contribution is 2.22. The van der Waals surface area contributed by atoms with E-state index in [1.807, 2.05) is 0 Å². The molecule has 0 aliphatic rings. The van der Waals surface area contributed by atoms with E-state index >= 15 is 0 Å². The highest BCUT2D eigenvalue weighted by Gasteiger charge is 2.26. The Labute approximate surface area is 144 Å². The minimum atomic E-state index is -4.09. The van der Waals surface area contributed by atoms with Crippen LogP contribution in [0, 0.1) is 10.1 Å². The van der Waals surface area contributed by atoms with Crippen LogP contribution >= 0.6 is 0 Å². The maximum atomic E-state index is 12.8. The number of nitro benzene ring substituents is 1. The van der Waals surface area contributed by atoms with Gasteiger partial charge in [0.25, 0.3) is 5.69 Å². The number of hydrogen-bond donors (Lipinski definition) is 1. The highest BCUT2D eigenvalue weighted by atomic mass is 32.2. The molecule has 9 heteroatoms. The van der Waals surface area contributed by atoms with E-state index in [2.05, 4.69) is 0 Å². The van der Waals surface area contributed by atoms with Crippen molar-refractivity contribution >= 4 is 21.7 Å². The summed E-state index contributed by atoms with van der Waals surface area (Å²) in [6.07, 6.45) is -0.374. The Morgan fingerprint density at radius 3 is 2.40 bits per heavy atom. The second kappa shape index (κ2) is 7.86. The highest BCUT2D eigenvalue weighted by molar-refractivity contribution is 7.89. The van der Waals surface area contributed by atoms with Crippen molar-refractivity contribution in [1.82, 2.24) is 4.31 Å². The monoisotopic (exact) mass is 364 g/mol. The average molecular weight is 364 g/mol. The molecule has 0 saturated carbocycles. The third-order valence-electron chi connectivity index (χ3n) is 3.44. The van der Waals surface area contributed by atoms with Gasteiger partial charge in [-0.25, -0.2) is 8.42 Å². The van der Waals surface area contributed by atoms with Crippen LogP contribution in [0.2, 0.25) is 0 Å². The van der Waals surface area contributed by atoms with Crippen molar-refractivity contribution in [2.75, 3.05) is 6.54 Å². The summed E-state index contributed by atoms with van der Waals surface area (Å²) in [5, 5.41) is 19.7. The third kappa shape index (κ3) is 4.85. The van der Waals surface area contributed by atoms with E-state index < -0.39 is 20.9 Å². The van der Waals surface area contributed by atoms with Gasteiger partial charge in [0, 0.05) is 25.2 Å². The lowest BCUT2D eigenvalue weighted by Crippen LogP contribution is -2.32. The van der Waals surface area contributed by atoms with E-state index in [1.54, 1.807) is 30.3 Å². The zero-order valence-electron chi connectivity index (χ0n) is 13.1. The molecule has 0 atom stereocenters. The zero-order valence-corrected chi connectivity index (χ0v) is 13.9. The molecule has 0 radical (unpaired) electrons. The lowest BCUT2D eigenvalue weighted by atomic mass is 10.2. The number of non-ortho nitro benzene ring substituents is 1. The fraction of sp³-hybridized carbons (Fsp3) is 0.188. The van der Waals surface area contributed by atoms with Gasteiger partial charge in [0.05, 0.1) is 16.2 Å². The summed E-state index contributed by atoms with van der Waals surface area (Å²) < 4.78 is 26.7. The Hall–Kier alpha value is -2.78. The molecule has 1 N–H and O–H groups in total. The molecule has 0 saturated heterocycles. The maximum absolute atomic E-state index is 12.8. The molecule has 0 spiro atoms. The van der Waals surface area contributed by atoms with Gasteiger partial charge in [0.2, 0.25) is 10.0 Å². The van der Waals surface area contributed by atoms with Gasteiger partial charge >= 0.3 is 5.97 Å². The fourth-order valence-electron chi connectivity index (χ4n) is 2.20. The first kappa shape index (κ1) is 18.6. The number of sulfonamides is 1. The average Bonchev–Trinajstić information content (AvgIpc) is 2.59. The number of aliphatic carboxylic acids is 1. The predicted octanol–water partition coefficient (Wildman–Crippen LogP) is 2.26. The Bertz CT molecular complexity index is 867. The molecule has 0 aliphatic heterocycles. The largest absolute Gasteiger partial charge is 0.481 e. The minimum Gasteiger partial charge on any atom is -0.481 e. The van der Waals surface area contributed by atoms with Crippen molar-refractivity contribution < 1.29 is 23.2 Å². The maximum Gasteiger partial charge on any atom is 0.304 e. The van der Waals surface area contributed by atoms with Gasteiger partial charge in [-0.1, -0.05) is 36.4 Å². The molecular formula is C16H16N2O6S. The van der Waals surface area contributed by atoms with Crippen molar-refractivity contribution in [2.24, 2.45) is 0 Å². The van der Waals surface area contributed by atoms with Gasteiger partial charge < -0.3 is 5.11 Å². The second-order valence-corrected chi connectivity index (χ2v) is 7.16. The van der Waals surface area contributed by atoms with Gasteiger partial charge in [-0.05, 0) is 11.6 Å². The van der Waals surface area contributed by atoms with Crippen LogP contribution in [0.1, 0.15) is 12.0 Å². The van der Waals surface area contributed by atoms with E-state index in [0.29, 0.717) is 5.56 Å². The molecule has 2 aromatic carbocycles. The first-order chi connectivity index (χ1) is 11.8. The molecule has 0 bridgehead atoms. The number of carboxylic acid groups (broad SMARTS) is 1. The van der Waals surface area contributed by atoms with Crippen molar-refractivity contribution in [2.45, 2.75) is 17.9 Å². The van der Waals surface area contributed by atoms with Gasteiger partial charge in [-0.3, -0.25) is 14.9 Å². The van der Waals surface area contributed by atoms with Gasteiger partial charge in [0.15, 0.2) is 0 Å². The van der Waals surface area contributed by atoms with Crippen molar-refractivity contribution in [3.63, 3.8) is 0 Å². The van der Waals surface area contributed by atoms with Crippen molar-refractivity contribution in [1.29, 1.82) is 0 Å². The normalized spacial score (nSPS) is 11.4. The van der Waals surface area contributed by atoms with Crippen LogP contribution in [-0.4, -0.2) is 35.3 Å². The van der Waals surface area contributed by atoms with E-state index in [1.165, 1.54) is 18.2 Å².